The Morgan fingerprint density at radius 1 is 1.44 bits per heavy atom. The van der Waals surface area contributed by atoms with E-state index in [0.29, 0.717) is 18.7 Å². The third kappa shape index (κ3) is 6.36. The number of amides is 1. The zero-order valence-corrected chi connectivity index (χ0v) is 15.7. The van der Waals surface area contributed by atoms with Gasteiger partial charge in [-0.2, -0.15) is 0 Å². The zero-order chi connectivity index (χ0) is 18.1. The highest BCUT2D eigenvalue weighted by Crippen LogP contribution is 2.23. The first-order valence-corrected chi connectivity index (χ1v) is 9.31. The molecule has 0 bridgehead atoms. The molecule has 6 nitrogen and oxygen atoms in total. The number of aliphatic imine (C=N–C) groups is 1. The maximum absolute atomic E-state index is 12.0. The topological polar surface area (TPSA) is 69.6 Å². The molecule has 0 aliphatic carbocycles. The summed E-state index contributed by atoms with van der Waals surface area (Å²) in [6, 6.07) is 3.52. The molecular formula is C19H31N5O. The monoisotopic (exact) mass is 345 g/mol. The van der Waals surface area contributed by atoms with E-state index in [2.05, 4.69) is 46.3 Å². The highest BCUT2D eigenvalue weighted by Gasteiger charge is 2.25. The zero-order valence-electron chi connectivity index (χ0n) is 15.7. The minimum absolute atomic E-state index is 0.105. The Morgan fingerprint density at radius 3 is 2.96 bits per heavy atom. The van der Waals surface area contributed by atoms with E-state index in [4.69, 9.17) is 0 Å². The summed E-state index contributed by atoms with van der Waals surface area (Å²) in [5.41, 5.74) is 0.578. The van der Waals surface area contributed by atoms with Gasteiger partial charge in [-0.05, 0) is 43.7 Å². The summed E-state index contributed by atoms with van der Waals surface area (Å²) >= 11 is 0. The SMILES string of the molecule is CCNC(=NCCNC(=O)c1cccnc1)N1CCC(CC(C)C)C1. The lowest BCUT2D eigenvalue weighted by Gasteiger charge is -2.22. The van der Waals surface area contributed by atoms with Crippen molar-refractivity contribution in [1.29, 1.82) is 0 Å². The maximum atomic E-state index is 12.0. The van der Waals surface area contributed by atoms with Gasteiger partial charge in [-0.1, -0.05) is 13.8 Å². The summed E-state index contributed by atoms with van der Waals surface area (Å²) in [7, 11) is 0. The average molecular weight is 345 g/mol. The second-order valence-corrected chi connectivity index (χ2v) is 6.96. The molecule has 0 radical (unpaired) electrons. The quantitative estimate of drug-likeness (QED) is 0.451. The molecule has 1 saturated heterocycles. The summed E-state index contributed by atoms with van der Waals surface area (Å²) in [5.74, 6) is 2.36. The lowest BCUT2D eigenvalue weighted by Crippen LogP contribution is -2.40. The number of hydrogen-bond acceptors (Lipinski definition) is 3. The van der Waals surface area contributed by atoms with Crippen molar-refractivity contribution in [2.24, 2.45) is 16.8 Å². The smallest absolute Gasteiger partial charge is 0.252 e. The van der Waals surface area contributed by atoms with Crippen molar-refractivity contribution in [2.45, 2.75) is 33.6 Å². The molecular weight excluding hydrogens is 314 g/mol. The Morgan fingerprint density at radius 2 is 2.28 bits per heavy atom. The molecule has 0 saturated carbocycles. The van der Waals surface area contributed by atoms with E-state index >= 15 is 0 Å². The molecule has 25 heavy (non-hydrogen) atoms. The van der Waals surface area contributed by atoms with Crippen molar-refractivity contribution in [1.82, 2.24) is 20.5 Å². The molecule has 2 rings (SSSR count). The number of pyridine rings is 1. The second-order valence-electron chi connectivity index (χ2n) is 6.96. The average Bonchev–Trinajstić information content (AvgIpc) is 3.05. The van der Waals surface area contributed by atoms with Gasteiger partial charge in [-0.3, -0.25) is 14.8 Å². The lowest BCUT2D eigenvalue weighted by molar-refractivity contribution is 0.0954. The molecule has 2 N–H and O–H groups in total. The van der Waals surface area contributed by atoms with Crippen LogP contribution in [0.1, 0.15) is 44.0 Å². The van der Waals surface area contributed by atoms with E-state index < -0.39 is 0 Å². The van der Waals surface area contributed by atoms with Gasteiger partial charge in [0.05, 0.1) is 12.1 Å². The number of aromatic nitrogens is 1. The van der Waals surface area contributed by atoms with Gasteiger partial charge in [0.1, 0.15) is 0 Å². The Hall–Kier alpha value is -2.11. The van der Waals surface area contributed by atoms with Gasteiger partial charge in [-0.15, -0.1) is 0 Å². The first-order chi connectivity index (χ1) is 12.1. The van der Waals surface area contributed by atoms with E-state index in [1.807, 2.05) is 0 Å². The van der Waals surface area contributed by atoms with Crippen LogP contribution in [0, 0.1) is 11.8 Å². The number of likely N-dealkylation sites (tertiary alicyclic amines) is 1. The third-order valence-corrected chi connectivity index (χ3v) is 4.31. The minimum Gasteiger partial charge on any atom is -0.357 e. The van der Waals surface area contributed by atoms with Gasteiger partial charge in [0, 0.05) is 38.6 Å². The molecule has 1 aliphatic rings. The van der Waals surface area contributed by atoms with Crippen LogP contribution in [0.25, 0.3) is 0 Å². The Kier molecular flexibility index (Phi) is 7.70. The van der Waals surface area contributed by atoms with Crippen LogP contribution in [0.2, 0.25) is 0 Å². The molecule has 0 aromatic carbocycles. The fraction of sp³-hybridized carbons (Fsp3) is 0.632. The van der Waals surface area contributed by atoms with Gasteiger partial charge < -0.3 is 15.5 Å². The molecule has 6 heteroatoms. The summed E-state index contributed by atoms with van der Waals surface area (Å²) in [6.45, 7) is 10.7. The summed E-state index contributed by atoms with van der Waals surface area (Å²) < 4.78 is 0. The molecule has 0 spiro atoms. The van der Waals surface area contributed by atoms with Crippen molar-refractivity contribution in [2.75, 3.05) is 32.7 Å². The van der Waals surface area contributed by atoms with Crippen LogP contribution in [0.4, 0.5) is 0 Å². The fourth-order valence-electron chi connectivity index (χ4n) is 3.24. The number of rotatable bonds is 7. The summed E-state index contributed by atoms with van der Waals surface area (Å²) in [6.07, 6.45) is 5.74. The highest BCUT2D eigenvalue weighted by atomic mass is 16.1. The van der Waals surface area contributed by atoms with Crippen LogP contribution >= 0.6 is 0 Å². The van der Waals surface area contributed by atoms with Crippen LogP contribution < -0.4 is 10.6 Å². The predicted molar refractivity (Wildman–Crippen MR) is 102 cm³/mol. The molecule has 1 aliphatic heterocycles. The van der Waals surface area contributed by atoms with Gasteiger partial charge >= 0.3 is 0 Å². The standard InChI is InChI=1S/C19H31N5O/c1-4-21-19(24-11-7-16(14-24)12-15(2)3)23-10-9-22-18(25)17-6-5-8-20-13-17/h5-6,8,13,15-16H,4,7,9-12,14H2,1-3H3,(H,21,23)(H,22,25). The fourth-order valence-corrected chi connectivity index (χ4v) is 3.24. The molecule has 138 valence electrons. The van der Waals surface area contributed by atoms with Crippen LogP contribution in [-0.4, -0.2) is 54.5 Å². The molecule has 1 atom stereocenters. The highest BCUT2D eigenvalue weighted by molar-refractivity contribution is 5.93. The molecule has 1 amide bonds. The van der Waals surface area contributed by atoms with Crippen molar-refractivity contribution in [3.05, 3.63) is 30.1 Å². The predicted octanol–water partition coefficient (Wildman–Crippen LogP) is 2.14. The molecule has 1 fully saturated rings. The van der Waals surface area contributed by atoms with Crippen molar-refractivity contribution < 1.29 is 4.79 Å². The van der Waals surface area contributed by atoms with Crippen LogP contribution in [-0.2, 0) is 0 Å². The normalized spacial score (nSPS) is 17.8. The van der Waals surface area contributed by atoms with E-state index in [0.717, 1.165) is 37.4 Å². The first kappa shape index (κ1) is 19.2. The first-order valence-electron chi connectivity index (χ1n) is 9.31. The van der Waals surface area contributed by atoms with Crippen molar-refractivity contribution in [3.8, 4) is 0 Å². The van der Waals surface area contributed by atoms with E-state index in [1.165, 1.54) is 12.8 Å². The number of carbonyl (C=O) groups excluding carboxylic acids is 1. The second kappa shape index (κ2) is 10.0. The van der Waals surface area contributed by atoms with Gasteiger partial charge in [0.25, 0.3) is 5.91 Å². The molecule has 1 aromatic rings. The van der Waals surface area contributed by atoms with Gasteiger partial charge in [-0.25, -0.2) is 0 Å². The Balaban J connectivity index is 1.80. The summed E-state index contributed by atoms with van der Waals surface area (Å²) in [5, 5.41) is 6.26. The number of nitrogens with zero attached hydrogens (tertiary/aromatic N) is 3. The summed E-state index contributed by atoms with van der Waals surface area (Å²) in [4.78, 5) is 23.0. The molecule has 1 aromatic heterocycles. The molecule has 1 unspecified atom stereocenters. The van der Waals surface area contributed by atoms with E-state index in [1.54, 1.807) is 24.5 Å². The van der Waals surface area contributed by atoms with Crippen molar-refractivity contribution >= 4 is 11.9 Å². The number of nitrogens with one attached hydrogen (secondary N) is 2. The van der Waals surface area contributed by atoms with E-state index in [-0.39, 0.29) is 5.91 Å². The van der Waals surface area contributed by atoms with Crippen LogP contribution in [0.15, 0.2) is 29.5 Å². The van der Waals surface area contributed by atoms with Crippen LogP contribution in [0.3, 0.4) is 0 Å². The van der Waals surface area contributed by atoms with Crippen molar-refractivity contribution in [3.63, 3.8) is 0 Å². The minimum atomic E-state index is -0.105. The van der Waals surface area contributed by atoms with Gasteiger partial charge in [0.15, 0.2) is 5.96 Å². The largest absolute Gasteiger partial charge is 0.357 e. The Bertz CT molecular complexity index is 558. The lowest BCUT2D eigenvalue weighted by atomic mass is 9.97. The number of carbonyl (C=O) groups is 1. The van der Waals surface area contributed by atoms with Gasteiger partial charge in [0.2, 0.25) is 0 Å². The maximum Gasteiger partial charge on any atom is 0.252 e. The van der Waals surface area contributed by atoms with Crippen LogP contribution in [0.5, 0.6) is 0 Å². The van der Waals surface area contributed by atoms with E-state index in [9.17, 15) is 4.79 Å². The third-order valence-electron chi connectivity index (χ3n) is 4.31. The molecule has 2 heterocycles. The number of guanidine groups is 1. The Labute approximate surface area is 151 Å². The number of hydrogen-bond donors (Lipinski definition) is 2.